The average Bonchev–Trinajstić information content (AvgIpc) is 2.90. The first kappa shape index (κ1) is 11.0. The number of piperazine rings is 1. The van der Waals surface area contributed by atoms with Crippen molar-refractivity contribution in [1.82, 2.24) is 25.5 Å². The number of hydrogen-bond donors (Lipinski definition) is 3. The van der Waals surface area contributed by atoms with E-state index in [4.69, 9.17) is 0 Å². The summed E-state index contributed by atoms with van der Waals surface area (Å²) in [6, 6.07) is 1.47. The highest BCUT2D eigenvalue weighted by Crippen LogP contribution is 2.13. The Labute approximate surface area is 103 Å². The Morgan fingerprint density at radius 3 is 2.89 bits per heavy atom. The van der Waals surface area contributed by atoms with Crippen molar-refractivity contribution < 1.29 is 0 Å². The van der Waals surface area contributed by atoms with Gasteiger partial charge in [-0.15, -0.1) is 5.10 Å². The van der Waals surface area contributed by atoms with Crippen LogP contribution < -0.4 is 15.6 Å². The molecule has 3 heterocycles. The van der Waals surface area contributed by atoms with Crippen LogP contribution in [-0.2, 0) is 0 Å². The lowest BCUT2D eigenvalue weighted by Gasteiger charge is -2.25. The van der Waals surface area contributed by atoms with Crippen molar-refractivity contribution in [2.24, 2.45) is 0 Å². The summed E-state index contributed by atoms with van der Waals surface area (Å²) >= 11 is 0. The third-order valence-electron chi connectivity index (χ3n) is 2.95. The second-order valence-corrected chi connectivity index (χ2v) is 4.14. The molecule has 1 aliphatic heterocycles. The molecule has 0 bridgehead atoms. The quantitative estimate of drug-likeness (QED) is 0.669. The van der Waals surface area contributed by atoms with Crippen LogP contribution >= 0.6 is 0 Å². The van der Waals surface area contributed by atoms with E-state index in [1.807, 2.05) is 0 Å². The summed E-state index contributed by atoms with van der Waals surface area (Å²) in [5.74, 6) is 1.15. The van der Waals surface area contributed by atoms with Crippen LogP contribution in [0.25, 0.3) is 11.4 Å². The van der Waals surface area contributed by atoms with Gasteiger partial charge in [-0.2, -0.15) is 4.98 Å². The van der Waals surface area contributed by atoms with Gasteiger partial charge in [0.2, 0.25) is 5.95 Å². The number of H-pyrrole nitrogens is 2. The number of aromatic amines is 2. The standard InChI is InChI=1S/C11H14N6O/c18-9-1-2-13-7-8(9)10-14-11(16-15-10)17-5-3-12-4-6-17/h1-2,7,12H,3-6H2,(H,13,18)(H,14,15,16). The van der Waals surface area contributed by atoms with E-state index in [9.17, 15) is 4.79 Å². The van der Waals surface area contributed by atoms with E-state index < -0.39 is 0 Å². The highest BCUT2D eigenvalue weighted by atomic mass is 16.1. The Morgan fingerprint density at radius 1 is 1.28 bits per heavy atom. The zero-order chi connectivity index (χ0) is 12.4. The van der Waals surface area contributed by atoms with E-state index in [-0.39, 0.29) is 5.43 Å². The Bertz CT molecular complexity index is 583. The van der Waals surface area contributed by atoms with Crippen LogP contribution in [-0.4, -0.2) is 46.3 Å². The summed E-state index contributed by atoms with van der Waals surface area (Å²) in [6.07, 6.45) is 3.23. The first-order chi connectivity index (χ1) is 8.84. The molecular formula is C11H14N6O. The van der Waals surface area contributed by atoms with Crippen molar-refractivity contribution in [3.8, 4) is 11.4 Å². The molecule has 0 unspecified atom stereocenters. The van der Waals surface area contributed by atoms with Gasteiger partial charge in [-0.05, 0) is 0 Å². The van der Waals surface area contributed by atoms with Crippen LogP contribution in [0.4, 0.5) is 5.95 Å². The molecule has 0 radical (unpaired) electrons. The minimum absolute atomic E-state index is 0.0724. The lowest BCUT2D eigenvalue weighted by molar-refractivity contribution is 0.580. The molecule has 1 saturated heterocycles. The van der Waals surface area contributed by atoms with E-state index >= 15 is 0 Å². The minimum atomic E-state index is -0.0724. The van der Waals surface area contributed by atoms with Gasteiger partial charge in [-0.1, -0.05) is 0 Å². The van der Waals surface area contributed by atoms with Gasteiger partial charge in [0.1, 0.15) is 0 Å². The van der Waals surface area contributed by atoms with Gasteiger partial charge in [0, 0.05) is 44.6 Å². The molecule has 3 N–H and O–H groups in total. The molecule has 2 aromatic heterocycles. The lowest BCUT2D eigenvalue weighted by atomic mass is 10.2. The van der Waals surface area contributed by atoms with Gasteiger partial charge in [0.25, 0.3) is 0 Å². The lowest BCUT2D eigenvalue weighted by Crippen LogP contribution is -2.44. The largest absolute Gasteiger partial charge is 0.367 e. The third kappa shape index (κ3) is 2.00. The predicted molar refractivity (Wildman–Crippen MR) is 67.5 cm³/mol. The summed E-state index contributed by atoms with van der Waals surface area (Å²) in [4.78, 5) is 21.0. The van der Waals surface area contributed by atoms with Crippen molar-refractivity contribution in [3.05, 3.63) is 28.7 Å². The zero-order valence-electron chi connectivity index (χ0n) is 9.81. The van der Waals surface area contributed by atoms with Crippen molar-refractivity contribution in [2.75, 3.05) is 31.1 Å². The third-order valence-corrected chi connectivity index (χ3v) is 2.95. The summed E-state index contributed by atoms with van der Waals surface area (Å²) < 4.78 is 0. The number of pyridine rings is 1. The van der Waals surface area contributed by atoms with Gasteiger partial charge in [0.15, 0.2) is 11.3 Å². The molecule has 1 fully saturated rings. The van der Waals surface area contributed by atoms with Gasteiger partial charge in [-0.3, -0.25) is 9.89 Å². The molecule has 18 heavy (non-hydrogen) atoms. The molecule has 0 amide bonds. The fraction of sp³-hybridized carbons (Fsp3) is 0.364. The van der Waals surface area contributed by atoms with Crippen LogP contribution in [0.15, 0.2) is 23.3 Å². The molecular weight excluding hydrogens is 232 g/mol. The molecule has 0 aliphatic carbocycles. The Morgan fingerprint density at radius 2 is 2.11 bits per heavy atom. The summed E-state index contributed by atoms with van der Waals surface area (Å²) in [5, 5.41) is 10.3. The predicted octanol–water partition coefficient (Wildman–Crippen LogP) is -0.430. The Balaban J connectivity index is 1.89. The molecule has 7 heteroatoms. The number of nitrogens with zero attached hydrogens (tertiary/aromatic N) is 3. The molecule has 1 aliphatic rings. The topological polar surface area (TPSA) is 89.7 Å². The van der Waals surface area contributed by atoms with E-state index in [1.54, 1.807) is 12.4 Å². The monoisotopic (exact) mass is 246 g/mol. The van der Waals surface area contributed by atoms with Crippen molar-refractivity contribution in [3.63, 3.8) is 0 Å². The minimum Gasteiger partial charge on any atom is -0.367 e. The van der Waals surface area contributed by atoms with E-state index in [0.717, 1.165) is 26.2 Å². The normalized spacial score (nSPS) is 15.9. The second-order valence-electron chi connectivity index (χ2n) is 4.14. The maximum Gasteiger partial charge on any atom is 0.245 e. The fourth-order valence-electron chi connectivity index (χ4n) is 1.98. The summed E-state index contributed by atoms with van der Waals surface area (Å²) in [5.41, 5.74) is 0.433. The number of anilines is 1. The average molecular weight is 246 g/mol. The highest BCUT2D eigenvalue weighted by Gasteiger charge is 2.16. The van der Waals surface area contributed by atoms with Crippen LogP contribution in [0.5, 0.6) is 0 Å². The zero-order valence-corrected chi connectivity index (χ0v) is 9.81. The fourth-order valence-corrected chi connectivity index (χ4v) is 1.98. The van der Waals surface area contributed by atoms with Gasteiger partial charge in [-0.25, -0.2) is 0 Å². The van der Waals surface area contributed by atoms with Crippen LogP contribution in [0.2, 0.25) is 0 Å². The van der Waals surface area contributed by atoms with Crippen molar-refractivity contribution in [1.29, 1.82) is 0 Å². The molecule has 0 saturated carbocycles. The summed E-state index contributed by atoms with van der Waals surface area (Å²) in [6.45, 7) is 3.61. The van der Waals surface area contributed by atoms with E-state index in [2.05, 4.69) is 30.4 Å². The Hall–Kier alpha value is -2.15. The molecule has 0 aromatic carbocycles. The molecule has 3 rings (SSSR count). The van der Waals surface area contributed by atoms with Crippen LogP contribution in [0.1, 0.15) is 0 Å². The number of nitrogens with one attached hydrogen (secondary N) is 3. The highest BCUT2D eigenvalue weighted by molar-refractivity contribution is 5.54. The van der Waals surface area contributed by atoms with E-state index in [1.165, 1.54) is 6.07 Å². The number of aromatic nitrogens is 4. The number of hydrogen-bond acceptors (Lipinski definition) is 5. The smallest absolute Gasteiger partial charge is 0.245 e. The van der Waals surface area contributed by atoms with Crippen molar-refractivity contribution in [2.45, 2.75) is 0 Å². The Kier molecular flexibility index (Phi) is 2.81. The first-order valence-electron chi connectivity index (χ1n) is 5.90. The maximum absolute atomic E-state index is 11.7. The first-order valence-corrected chi connectivity index (χ1v) is 5.90. The van der Waals surface area contributed by atoms with E-state index in [0.29, 0.717) is 17.3 Å². The summed E-state index contributed by atoms with van der Waals surface area (Å²) in [7, 11) is 0. The number of rotatable bonds is 2. The maximum atomic E-state index is 11.7. The van der Waals surface area contributed by atoms with Crippen LogP contribution in [0, 0.1) is 0 Å². The van der Waals surface area contributed by atoms with Crippen LogP contribution in [0.3, 0.4) is 0 Å². The molecule has 0 atom stereocenters. The molecule has 0 spiro atoms. The van der Waals surface area contributed by atoms with Crippen molar-refractivity contribution >= 4 is 5.95 Å². The SMILES string of the molecule is O=c1cc[nH]cc1-c1nc(N2CCNCC2)n[nH]1. The van der Waals surface area contributed by atoms with Gasteiger partial charge in [0.05, 0.1) is 5.56 Å². The molecule has 94 valence electrons. The second kappa shape index (κ2) is 4.61. The van der Waals surface area contributed by atoms with Gasteiger partial charge >= 0.3 is 0 Å². The molecule has 2 aromatic rings. The van der Waals surface area contributed by atoms with Gasteiger partial charge < -0.3 is 15.2 Å². The molecule has 7 nitrogen and oxygen atoms in total.